The third-order valence-corrected chi connectivity index (χ3v) is 3.13. The second kappa shape index (κ2) is 4.81. The predicted octanol–water partition coefficient (Wildman–Crippen LogP) is 4.06. The largest absolute Gasteiger partial charge is 0.457 e. The minimum absolute atomic E-state index is 0.291. The molecule has 0 spiro atoms. The van der Waals surface area contributed by atoms with Crippen molar-refractivity contribution in [2.24, 2.45) is 0 Å². The molecule has 0 aliphatic carbocycles. The van der Waals surface area contributed by atoms with E-state index in [-0.39, 0.29) is 5.82 Å². The Hall–Kier alpha value is -2.62. The van der Waals surface area contributed by atoms with E-state index in [2.05, 4.69) is 4.98 Å². The highest BCUT2D eigenvalue weighted by molar-refractivity contribution is 5.93. The molecule has 0 atom stereocenters. The maximum absolute atomic E-state index is 13.5. The lowest BCUT2D eigenvalue weighted by Gasteiger charge is -2.10. The molecule has 0 radical (unpaired) electrons. The van der Waals surface area contributed by atoms with Crippen molar-refractivity contribution in [2.75, 3.05) is 5.73 Å². The summed E-state index contributed by atoms with van der Waals surface area (Å²) in [6, 6.07) is 12.0. The van der Waals surface area contributed by atoms with Gasteiger partial charge in [-0.25, -0.2) is 4.39 Å². The van der Waals surface area contributed by atoms with Gasteiger partial charge in [-0.1, -0.05) is 6.07 Å². The summed E-state index contributed by atoms with van der Waals surface area (Å²) >= 11 is 0. The Morgan fingerprint density at radius 2 is 2.00 bits per heavy atom. The van der Waals surface area contributed by atoms with E-state index >= 15 is 0 Å². The smallest absolute Gasteiger partial charge is 0.136 e. The van der Waals surface area contributed by atoms with Crippen molar-refractivity contribution in [1.82, 2.24) is 4.98 Å². The molecule has 0 saturated carbocycles. The Bertz CT molecular complexity index is 787. The molecule has 2 aromatic carbocycles. The van der Waals surface area contributed by atoms with E-state index in [1.54, 1.807) is 37.4 Å². The highest BCUT2D eigenvalue weighted by Crippen LogP contribution is 2.32. The fourth-order valence-electron chi connectivity index (χ4n) is 2.02. The molecule has 3 aromatic rings. The standard InChI is InChI=1S/C16H13FN2O/c1-10-4-5-11(9-13(10)17)20-15-7-6-14(18)16-12(15)3-2-8-19-16/h2-9H,18H2,1H3. The van der Waals surface area contributed by atoms with Crippen molar-refractivity contribution in [3.63, 3.8) is 0 Å². The number of nitrogens with zero attached hydrogens (tertiary/aromatic N) is 1. The molecule has 100 valence electrons. The van der Waals surface area contributed by atoms with Crippen LogP contribution in [0, 0.1) is 12.7 Å². The van der Waals surface area contributed by atoms with Crippen LogP contribution in [0.5, 0.6) is 11.5 Å². The monoisotopic (exact) mass is 268 g/mol. The number of benzene rings is 2. The quantitative estimate of drug-likeness (QED) is 0.713. The normalized spacial score (nSPS) is 10.7. The van der Waals surface area contributed by atoms with E-state index in [1.807, 2.05) is 12.1 Å². The predicted molar refractivity (Wildman–Crippen MR) is 77.4 cm³/mol. The third kappa shape index (κ3) is 2.16. The van der Waals surface area contributed by atoms with Gasteiger partial charge >= 0.3 is 0 Å². The summed E-state index contributed by atoms with van der Waals surface area (Å²) in [7, 11) is 0. The van der Waals surface area contributed by atoms with E-state index in [9.17, 15) is 4.39 Å². The molecule has 1 aromatic heterocycles. The van der Waals surface area contributed by atoms with Gasteiger partial charge in [-0.05, 0) is 42.8 Å². The molecule has 0 aliphatic rings. The van der Waals surface area contributed by atoms with Gasteiger partial charge in [0.15, 0.2) is 0 Å². The number of hydrogen-bond acceptors (Lipinski definition) is 3. The molecule has 0 bridgehead atoms. The van der Waals surface area contributed by atoms with Crippen molar-refractivity contribution >= 4 is 16.6 Å². The van der Waals surface area contributed by atoms with Crippen LogP contribution in [0.2, 0.25) is 0 Å². The van der Waals surface area contributed by atoms with Crippen molar-refractivity contribution in [2.45, 2.75) is 6.92 Å². The molecule has 2 N–H and O–H groups in total. The molecular formula is C16H13FN2O. The number of anilines is 1. The van der Waals surface area contributed by atoms with Crippen LogP contribution < -0.4 is 10.5 Å². The number of pyridine rings is 1. The van der Waals surface area contributed by atoms with E-state index in [0.29, 0.717) is 28.3 Å². The van der Waals surface area contributed by atoms with Gasteiger partial charge in [-0.3, -0.25) is 4.98 Å². The van der Waals surface area contributed by atoms with Gasteiger partial charge in [0.2, 0.25) is 0 Å². The highest BCUT2D eigenvalue weighted by atomic mass is 19.1. The number of aryl methyl sites for hydroxylation is 1. The number of fused-ring (bicyclic) bond motifs is 1. The van der Waals surface area contributed by atoms with Crippen LogP contribution >= 0.6 is 0 Å². The molecule has 4 heteroatoms. The number of halogens is 1. The van der Waals surface area contributed by atoms with Crippen LogP contribution in [-0.4, -0.2) is 4.98 Å². The summed E-state index contributed by atoms with van der Waals surface area (Å²) in [6.45, 7) is 1.71. The number of hydrogen-bond donors (Lipinski definition) is 1. The van der Waals surface area contributed by atoms with Gasteiger partial charge in [0.05, 0.1) is 11.2 Å². The second-order valence-electron chi connectivity index (χ2n) is 4.57. The summed E-state index contributed by atoms with van der Waals surface area (Å²) in [5.41, 5.74) is 7.73. The Morgan fingerprint density at radius 1 is 1.15 bits per heavy atom. The summed E-state index contributed by atoms with van der Waals surface area (Å²) in [5.74, 6) is 0.758. The van der Waals surface area contributed by atoms with Gasteiger partial charge < -0.3 is 10.5 Å². The Balaban J connectivity index is 2.06. The summed E-state index contributed by atoms with van der Waals surface area (Å²) in [6.07, 6.45) is 1.67. The first kappa shape index (κ1) is 12.4. The second-order valence-corrected chi connectivity index (χ2v) is 4.57. The zero-order valence-electron chi connectivity index (χ0n) is 10.9. The minimum Gasteiger partial charge on any atom is -0.457 e. The van der Waals surface area contributed by atoms with E-state index < -0.39 is 0 Å². The molecule has 0 saturated heterocycles. The minimum atomic E-state index is -0.291. The van der Waals surface area contributed by atoms with Crippen LogP contribution in [-0.2, 0) is 0 Å². The Morgan fingerprint density at radius 3 is 2.80 bits per heavy atom. The van der Waals surface area contributed by atoms with E-state index in [1.165, 1.54) is 6.07 Å². The molecular weight excluding hydrogens is 255 g/mol. The van der Waals surface area contributed by atoms with Crippen LogP contribution in [0.3, 0.4) is 0 Å². The van der Waals surface area contributed by atoms with Gasteiger partial charge in [0.1, 0.15) is 17.3 Å². The Labute approximate surface area is 115 Å². The Kier molecular flexibility index (Phi) is 2.99. The average molecular weight is 268 g/mol. The fourth-order valence-corrected chi connectivity index (χ4v) is 2.02. The highest BCUT2D eigenvalue weighted by Gasteiger charge is 2.08. The molecule has 3 rings (SSSR count). The summed E-state index contributed by atoms with van der Waals surface area (Å²) in [4.78, 5) is 4.24. The maximum atomic E-state index is 13.5. The number of aromatic nitrogens is 1. The molecule has 20 heavy (non-hydrogen) atoms. The molecule has 0 amide bonds. The van der Waals surface area contributed by atoms with Crippen molar-refractivity contribution in [1.29, 1.82) is 0 Å². The third-order valence-electron chi connectivity index (χ3n) is 3.13. The van der Waals surface area contributed by atoms with Crippen LogP contribution in [0.25, 0.3) is 10.9 Å². The topological polar surface area (TPSA) is 48.1 Å². The lowest BCUT2D eigenvalue weighted by Crippen LogP contribution is -1.93. The van der Waals surface area contributed by atoms with E-state index in [4.69, 9.17) is 10.5 Å². The first-order valence-electron chi connectivity index (χ1n) is 6.22. The first-order valence-corrected chi connectivity index (χ1v) is 6.22. The van der Waals surface area contributed by atoms with Crippen LogP contribution in [0.1, 0.15) is 5.56 Å². The summed E-state index contributed by atoms with van der Waals surface area (Å²) in [5, 5.41) is 0.800. The zero-order valence-corrected chi connectivity index (χ0v) is 10.9. The van der Waals surface area contributed by atoms with Crippen molar-refractivity contribution < 1.29 is 9.13 Å². The average Bonchev–Trinajstić information content (AvgIpc) is 2.46. The maximum Gasteiger partial charge on any atom is 0.136 e. The lowest BCUT2D eigenvalue weighted by molar-refractivity contribution is 0.481. The zero-order chi connectivity index (χ0) is 14.1. The number of rotatable bonds is 2. The first-order chi connectivity index (χ1) is 9.65. The number of nitrogens with two attached hydrogens (primary N) is 1. The van der Waals surface area contributed by atoms with Crippen LogP contribution in [0.15, 0.2) is 48.7 Å². The van der Waals surface area contributed by atoms with Crippen molar-refractivity contribution in [3.8, 4) is 11.5 Å². The van der Waals surface area contributed by atoms with Gasteiger partial charge in [-0.2, -0.15) is 0 Å². The molecule has 0 fully saturated rings. The molecule has 0 aliphatic heterocycles. The SMILES string of the molecule is Cc1ccc(Oc2ccc(N)c3ncccc23)cc1F. The van der Waals surface area contributed by atoms with Gasteiger partial charge in [-0.15, -0.1) is 0 Å². The van der Waals surface area contributed by atoms with Crippen molar-refractivity contribution in [3.05, 3.63) is 60.0 Å². The lowest BCUT2D eigenvalue weighted by atomic mass is 10.1. The van der Waals surface area contributed by atoms with Crippen LogP contribution in [0.4, 0.5) is 10.1 Å². The fraction of sp³-hybridized carbons (Fsp3) is 0.0625. The molecule has 0 unspecified atom stereocenters. The number of ether oxygens (including phenoxy) is 1. The molecule has 3 nitrogen and oxygen atoms in total. The number of nitrogen functional groups attached to an aromatic ring is 1. The summed E-state index contributed by atoms with van der Waals surface area (Å²) < 4.78 is 19.3. The van der Waals surface area contributed by atoms with E-state index in [0.717, 1.165) is 5.39 Å². The van der Waals surface area contributed by atoms with Gasteiger partial charge in [0, 0.05) is 17.6 Å². The molecule has 1 heterocycles. The van der Waals surface area contributed by atoms with Gasteiger partial charge in [0.25, 0.3) is 0 Å².